The van der Waals surface area contributed by atoms with Gasteiger partial charge in [-0.1, -0.05) is 11.6 Å². The zero-order valence-electron chi connectivity index (χ0n) is 13.1. The molecule has 1 aliphatic rings. The summed E-state index contributed by atoms with van der Waals surface area (Å²) in [5, 5.41) is 8.63. The largest absolute Gasteiger partial charge is 0.310 e. The molecule has 1 aromatic heterocycles. The molecule has 0 radical (unpaired) electrons. The number of halogens is 1. The molecule has 5 nitrogen and oxygen atoms in total. The van der Waals surface area contributed by atoms with Gasteiger partial charge in [0, 0.05) is 31.7 Å². The van der Waals surface area contributed by atoms with Gasteiger partial charge in [-0.15, -0.1) is 0 Å². The molecule has 1 saturated heterocycles. The van der Waals surface area contributed by atoms with Gasteiger partial charge in [-0.2, -0.15) is 5.10 Å². The topological polar surface area (TPSA) is 36.3 Å². The van der Waals surface area contributed by atoms with Crippen molar-refractivity contribution in [1.29, 1.82) is 0 Å². The van der Waals surface area contributed by atoms with E-state index in [0.717, 1.165) is 30.4 Å². The number of nitrogens with zero attached hydrogens (tertiary/aromatic N) is 4. The predicted molar refractivity (Wildman–Crippen MR) is 83.3 cm³/mol. The highest BCUT2D eigenvalue weighted by Crippen LogP contribution is 2.30. The van der Waals surface area contributed by atoms with Crippen LogP contribution in [0, 0.1) is 0 Å². The third-order valence-corrected chi connectivity index (χ3v) is 4.46. The van der Waals surface area contributed by atoms with Crippen LogP contribution in [0.4, 0.5) is 0 Å². The lowest BCUT2D eigenvalue weighted by Gasteiger charge is -2.42. The Morgan fingerprint density at radius 1 is 1.35 bits per heavy atom. The molecule has 0 aromatic carbocycles. The first-order valence-corrected chi connectivity index (χ1v) is 7.62. The molecule has 1 fully saturated rings. The molecule has 0 aliphatic carbocycles. The molecule has 0 amide bonds. The summed E-state index contributed by atoms with van der Waals surface area (Å²) in [6.45, 7) is 7.49. The Morgan fingerprint density at radius 3 is 2.65 bits per heavy atom. The van der Waals surface area contributed by atoms with Crippen LogP contribution in [0.2, 0.25) is 5.02 Å². The minimum Gasteiger partial charge on any atom is -0.310 e. The van der Waals surface area contributed by atoms with Gasteiger partial charge in [-0.25, -0.2) is 0 Å². The van der Waals surface area contributed by atoms with Crippen LogP contribution in [-0.2, 0) is 0 Å². The summed E-state index contributed by atoms with van der Waals surface area (Å²) >= 11 is 6.41. The lowest BCUT2D eigenvalue weighted by Crippen LogP contribution is -2.55. The van der Waals surface area contributed by atoms with Crippen molar-refractivity contribution in [2.75, 3.05) is 40.8 Å². The van der Waals surface area contributed by atoms with E-state index in [1.807, 2.05) is 11.7 Å². The lowest BCUT2D eigenvalue weighted by molar-refractivity contribution is 0.0870. The minimum absolute atomic E-state index is 0.181. The van der Waals surface area contributed by atoms with E-state index in [1.54, 1.807) is 6.20 Å². The van der Waals surface area contributed by atoms with Crippen molar-refractivity contribution in [3.8, 4) is 0 Å². The van der Waals surface area contributed by atoms with Crippen LogP contribution in [0.3, 0.4) is 0 Å². The second-order valence-electron chi connectivity index (χ2n) is 5.99. The van der Waals surface area contributed by atoms with Gasteiger partial charge >= 0.3 is 0 Å². The molecule has 1 aromatic rings. The van der Waals surface area contributed by atoms with E-state index in [0.29, 0.717) is 12.1 Å². The highest BCUT2D eigenvalue weighted by molar-refractivity contribution is 6.31. The summed E-state index contributed by atoms with van der Waals surface area (Å²) in [5.41, 5.74) is 1.09. The molecule has 0 saturated carbocycles. The molecule has 1 aliphatic heterocycles. The number of hydrogen-bond donors (Lipinski definition) is 1. The first-order valence-electron chi connectivity index (χ1n) is 7.24. The average molecular weight is 300 g/mol. The quantitative estimate of drug-likeness (QED) is 0.917. The standard InChI is InChI=1S/C14H26ClN5/c1-10(2)20-14(11(15)8-17-20)13(16-3)12-9-18(4)6-7-19(12)5/h8,10,12-13,16H,6-7,9H2,1-5H3. The predicted octanol–water partition coefficient (Wildman–Crippen LogP) is 1.62. The molecular weight excluding hydrogens is 274 g/mol. The van der Waals surface area contributed by atoms with Crippen LogP contribution < -0.4 is 5.32 Å². The number of likely N-dealkylation sites (N-methyl/N-ethyl adjacent to an activating group) is 3. The highest BCUT2D eigenvalue weighted by Gasteiger charge is 2.33. The van der Waals surface area contributed by atoms with Gasteiger partial charge in [-0.3, -0.25) is 9.58 Å². The van der Waals surface area contributed by atoms with Crippen molar-refractivity contribution < 1.29 is 0 Å². The molecule has 2 unspecified atom stereocenters. The molecule has 0 bridgehead atoms. The SMILES string of the molecule is CNC(c1c(Cl)cnn1C(C)C)C1CN(C)CCN1C. The highest BCUT2D eigenvalue weighted by atomic mass is 35.5. The number of aromatic nitrogens is 2. The Balaban J connectivity index is 2.34. The smallest absolute Gasteiger partial charge is 0.0834 e. The van der Waals surface area contributed by atoms with Crippen molar-refractivity contribution in [2.45, 2.75) is 32.0 Å². The van der Waals surface area contributed by atoms with E-state index >= 15 is 0 Å². The van der Waals surface area contributed by atoms with E-state index in [9.17, 15) is 0 Å². The van der Waals surface area contributed by atoms with Gasteiger partial charge in [0.05, 0.1) is 23.0 Å². The third kappa shape index (κ3) is 3.01. The number of piperazine rings is 1. The minimum atomic E-state index is 0.181. The molecule has 1 N–H and O–H groups in total. The molecule has 6 heteroatoms. The molecule has 2 atom stereocenters. The van der Waals surface area contributed by atoms with Gasteiger partial charge < -0.3 is 10.2 Å². The molecule has 20 heavy (non-hydrogen) atoms. The maximum atomic E-state index is 6.41. The van der Waals surface area contributed by atoms with Gasteiger partial charge in [-0.05, 0) is 35.0 Å². The maximum absolute atomic E-state index is 6.41. The zero-order valence-corrected chi connectivity index (χ0v) is 13.9. The number of rotatable bonds is 4. The first-order chi connectivity index (χ1) is 9.45. The van der Waals surface area contributed by atoms with Crippen LogP contribution in [0.25, 0.3) is 0 Å². The summed E-state index contributed by atoms with van der Waals surface area (Å²) in [4.78, 5) is 4.79. The van der Waals surface area contributed by atoms with E-state index < -0.39 is 0 Å². The Hall–Kier alpha value is -0.620. The summed E-state index contributed by atoms with van der Waals surface area (Å²) < 4.78 is 2.03. The molecule has 2 rings (SSSR count). The zero-order chi connectivity index (χ0) is 14.9. The summed E-state index contributed by atoms with van der Waals surface area (Å²) in [6, 6.07) is 0.880. The van der Waals surface area contributed by atoms with Crippen LogP contribution in [0.5, 0.6) is 0 Å². The molecule has 0 spiro atoms. The maximum Gasteiger partial charge on any atom is 0.0834 e. The first kappa shape index (κ1) is 15.8. The van der Waals surface area contributed by atoms with Crippen LogP contribution in [-0.4, -0.2) is 66.4 Å². The lowest BCUT2D eigenvalue weighted by atomic mass is 10.0. The third-order valence-electron chi connectivity index (χ3n) is 4.17. The Labute approximate surface area is 126 Å². The normalized spacial score (nSPS) is 23.4. The van der Waals surface area contributed by atoms with Gasteiger partial charge in [0.25, 0.3) is 0 Å². The van der Waals surface area contributed by atoms with Crippen LogP contribution in [0.1, 0.15) is 31.6 Å². The summed E-state index contributed by atoms with van der Waals surface area (Å²) in [5.74, 6) is 0. The van der Waals surface area contributed by atoms with Crippen molar-refractivity contribution in [2.24, 2.45) is 0 Å². The Bertz CT molecular complexity index is 445. The average Bonchev–Trinajstić information content (AvgIpc) is 2.77. The molecule has 114 valence electrons. The Kier molecular flexibility index (Phi) is 5.07. The van der Waals surface area contributed by atoms with E-state index in [-0.39, 0.29) is 6.04 Å². The van der Waals surface area contributed by atoms with Gasteiger partial charge in [0.1, 0.15) is 0 Å². The van der Waals surface area contributed by atoms with Crippen molar-refractivity contribution in [3.05, 3.63) is 16.9 Å². The fourth-order valence-electron chi connectivity index (χ4n) is 2.97. The number of nitrogens with one attached hydrogen (secondary N) is 1. The second kappa shape index (κ2) is 6.43. The van der Waals surface area contributed by atoms with Crippen molar-refractivity contribution >= 4 is 11.6 Å². The fourth-order valence-corrected chi connectivity index (χ4v) is 3.22. The van der Waals surface area contributed by atoms with Crippen molar-refractivity contribution in [3.63, 3.8) is 0 Å². The summed E-state index contributed by atoms with van der Waals surface area (Å²) in [6.07, 6.45) is 1.76. The number of hydrogen-bond acceptors (Lipinski definition) is 4. The molecular formula is C14H26ClN5. The van der Waals surface area contributed by atoms with E-state index in [2.05, 4.69) is 48.2 Å². The van der Waals surface area contributed by atoms with Crippen LogP contribution in [0.15, 0.2) is 6.20 Å². The van der Waals surface area contributed by atoms with E-state index in [4.69, 9.17) is 11.6 Å². The molecule has 2 heterocycles. The van der Waals surface area contributed by atoms with Gasteiger partial charge in [0.2, 0.25) is 0 Å². The second-order valence-corrected chi connectivity index (χ2v) is 6.40. The monoisotopic (exact) mass is 299 g/mol. The van der Waals surface area contributed by atoms with Crippen molar-refractivity contribution in [1.82, 2.24) is 24.9 Å². The fraction of sp³-hybridized carbons (Fsp3) is 0.786. The van der Waals surface area contributed by atoms with E-state index in [1.165, 1.54) is 0 Å². The van der Waals surface area contributed by atoms with Crippen LogP contribution >= 0.6 is 11.6 Å². The Morgan fingerprint density at radius 2 is 2.05 bits per heavy atom. The summed E-state index contributed by atoms with van der Waals surface area (Å²) in [7, 11) is 6.36. The van der Waals surface area contributed by atoms with Gasteiger partial charge in [0.15, 0.2) is 0 Å².